The number of hydrogen-bond donors (Lipinski definition) is 0. The van der Waals surface area contributed by atoms with E-state index in [1.54, 1.807) is 0 Å². The van der Waals surface area contributed by atoms with Crippen LogP contribution in [-0.4, -0.2) is 28.9 Å². The standard InChI is InChI=1S/C25H24N2O3/c1-2-25(28)27-16-6-7-20(18-27)19-10-15-24(26-17-19)30-23-13-11-22(12-14-23)29-21-8-4-3-5-9-21/h2-5,8-15,17,20H,1,6-7,16,18H2. The number of rotatable bonds is 6. The topological polar surface area (TPSA) is 51.7 Å². The van der Waals surface area contributed by atoms with Gasteiger partial charge in [-0.3, -0.25) is 4.79 Å². The van der Waals surface area contributed by atoms with E-state index in [0.717, 1.165) is 36.4 Å². The first-order valence-corrected chi connectivity index (χ1v) is 10.1. The number of piperidine rings is 1. The quantitative estimate of drug-likeness (QED) is 0.509. The van der Waals surface area contributed by atoms with E-state index in [4.69, 9.17) is 9.47 Å². The molecule has 30 heavy (non-hydrogen) atoms. The molecule has 1 aromatic heterocycles. The number of benzene rings is 2. The highest BCUT2D eigenvalue weighted by atomic mass is 16.5. The fraction of sp³-hybridized carbons (Fsp3) is 0.200. The molecule has 1 unspecified atom stereocenters. The van der Waals surface area contributed by atoms with Crippen molar-refractivity contribution >= 4 is 5.91 Å². The lowest BCUT2D eigenvalue weighted by Crippen LogP contribution is -2.38. The van der Waals surface area contributed by atoms with Crippen LogP contribution in [-0.2, 0) is 4.79 Å². The number of amides is 1. The highest BCUT2D eigenvalue weighted by Gasteiger charge is 2.23. The van der Waals surface area contributed by atoms with Crippen LogP contribution < -0.4 is 9.47 Å². The highest BCUT2D eigenvalue weighted by molar-refractivity contribution is 5.87. The highest BCUT2D eigenvalue weighted by Crippen LogP contribution is 2.29. The van der Waals surface area contributed by atoms with Crippen LogP contribution in [0.15, 0.2) is 85.6 Å². The fourth-order valence-corrected chi connectivity index (χ4v) is 3.59. The normalized spacial score (nSPS) is 16.0. The first-order valence-electron chi connectivity index (χ1n) is 10.1. The Bertz CT molecular complexity index is 985. The van der Waals surface area contributed by atoms with Crippen LogP contribution in [0.2, 0.25) is 0 Å². The SMILES string of the molecule is C=CC(=O)N1CCCC(c2ccc(Oc3ccc(Oc4ccccc4)cc3)nc2)C1. The van der Waals surface area contributed by atoms with Crippen LogP contribution >= 0.6 is 0 Å². The summed E-state index contributed by atoms with van der Waals surface area (Å²) in [5, 5.41) is 0. The van der Waals surface area contributed by atoms with Crippen LogP contribution in [0.3, 0.4) is 0 Å². The number of carbonyl (C=O) groups is 1. The van der Waals surface area contributed by atoms with Gasteiger partial charge in [-0.2, -0.15) is 0 Å². The van der Waals surface area contributed by atoms with Crippen molar-refractivity contribution in [2.45, 2.75) is 18.8 Å². The molecule has 0 spiro atoms. The van der Waals surface area contributed by atoms with E-state index in [1.807, 2.05) is 77.8 Å². The second-order valence-electron chi connectivity index (χ2n) is 7.25. The molecule has 152 valence electrons. The number of aromatic nitrogens is 1. The molecule has 0 N–H and O–H groups in total. The molecule has 1 fully saturated rings. The van der Waals surface area contributed by atoms with Crippen LogP contribution in [0.25, 0.3) is 0 Å². The zero-order chi connectivity index (χ0) is 20.8. The molecule has 1 saturated heterocycles. The molecule has 3 aromatic rings. The maximum absolute atomic E-state index is 11.9. The minimum absolute atomic E-state index is 0.00713. The molecule has 1 aliphatic heterocycles. The smallest absolute Gasteiger partial charge is 0.245 e. The van der Waals surface area contributed by atoms with Crippen molar-refractivity contribution in [1.29, 1.82) is 0 Å². The third kappa shape index (κ3) is 4.87. The Morgan fingerprint density at radius 1 is 0.967 bits per heavy atom. The Hall–Kier alpha value is -3.60. The van der Waals surface area contributed by atoms with Crippen LogP contribution in [0, 0.1) is 0 Å². The molecule has 1 atom stereocenters. The maximum Gasteiger partial charge on any atom is 0.245 e. The summed E-state index contributed by atoms with van der Waals surface area (Å²) in [6, 6.07) is 21.0. The Balaban J connectivity index is 1.36. The Labute approximate surface area is 176 Å². The van der Waals surface area contributed by atoms with Gasteiger partial charge in [0, 0.05) is 31.3 Å². The van der Waals surface area contributed by atoms with E-state index in [2.05, 4.69) is 11.6 Å². The molecule has 0 radical (unpaired) electrons. The number of para-hydroxylation sites is 1. The van der Waals surface area contributed by atoms with Gasteiger partial charge in [0.2, 0.25) is 11.8 Å². The van der Waals surface area contributed by atoms with E-state index in [9.17, 15) is 4.79 Å². The van der Waals surface area contributed by atoms with E-state index >= 15 is 0 Å². The maximum atomic E-state index is 11.9. The average Bonchev–Trinajstić information content (AvgIpc) is 2.81. The van der Waals surface area contributed by atoms with Gasteiger partial charge >= 0.3 is 0 Å². The summed E-state index contributed by atoms with van der Waals surface area (Å²) >= 11 is 0. The number of ether oxygens (including phenoxy) is 2. The van der Waals surface area contributed by atoms with Gasteiger partial charge in [0.25, 0.3) is 0 Å². The van der Waals surface area contributed by atoms with Crippen molar-refractivity contribution in [3.8, 4) is 23.1 Å². The molecule has 5 nitrogen and oxygen atoms in total. The lowest BCUT2D eigenvalue weighted by Gasteiger charge is -2.32. The second-order valence-corrected chi connectivity index (χ2v) is 7.25. The Morgan fingerprint density at radius 2 is 1.67 bits per heavy atom. The average molecular weight is 400 g/mol. The van der Waals surface area contributed by atoms with Crippen LogP contribution in [0.4, 0.5) is 0 Å². The summed E-state index contributed by atoms with van der Waals surface area (Å²) in [5.41, 5.74) is 1.12. The molecule has 0 aliphatic carbocycles. The Morgan fingerprint density at radius 3 is 2.33 bits per heavy atom. The van der Waals surface area contributed by atoms with Gasteiger partial charge in [-0.05, 0) is 60.9 Å². The first kappa shape index (κ1) is 19.7. The molecule has 1 amide bonds. The number of carbonyl (C=O) groups excluding carboxylic acids is 1. The first-order chi connectivity index (χ1) is 14.7. The molecule has 2 heterocycles. The molecule has 5 heteroatoms. The van der Waals surface area contributed by atoms with Gasteiger partial charge in [-0.1, -0.05) is 30.8 Å². The predicted molar refractivity (Wildman–Crippen MR) is 116 cm³/mol. The largest absolute Gasteiger partial charge is 0.457 e. The monoisotopic (exact) mass is 400 g/mol. The predicted octanol–water partition coefficient (Wildman–Crippen LogP) is 5.56. The van der Waals surface area contributed by atoms with E-state index < -0.39 is 0 Å². The lowest BCUT2D eigenvalue weighted by molar-refractivity contribution is -0.127. The summed E-state index contributed by atoms with van der Waals surface area (Å²) in [6.45, 7) is 5.08. The number of nitrogens with zero attached hydrogens (tertiary/aromatic N) is 2. The van der Waals surface area contributed by atoms with Crippen molar-refractivity contribution in [1.82, 2.24) is 9.88 Å². The van der Waals surface area contributed by atoms with Crippen molar-refractivity contribution in [2.75, 3.05) is 13.1 Å². The number of pyridine rings is 1. The van der Waals surface area contributed by atoms with Crippen molar-refractivity contribution in [3.63, 3.8) is 0 Å². The second kappa shape index (κ2) is 9.27. The third-order valence-electron chi connectivity index (χ3n) is 5.16. The van der Waals surface area contributed by atoms with Gasteiger partial charge in [0.15, 0.2) is 0 Å². The van der Waals surface area contributed by atoms with Gasteiger partial charge in [0.1, 0.15) is 17.2 Å². The Kier molecular flexibility index (Phi) is 6.09. The lowest BCUT2D eigenvalue weighted by atomic mass is 9.91. The molecule has 2 aromatic carbocycles. The summed E-state index contributed by atoms with van der Waals surface area (Å²) in [5.74, 6) is 3.04. The molecule has 1 aliphatic rings. The number of hydrogen-bond acceptors (Lipinski definition) is 4. The molecular weight excluding hydrogens is 376 g/mol. The molecule has 4 rings (SSSR count). The van der Waals surface area contributed by atoms with Gasteiger partial charge in [-0.15, -0.1) is 0 Å². The fourth-order valence-electron chi connectivity index (χ4n) is 3.59. The van der Waals surface area contributed by atoms with Crippen molar-refractivity contribution in [3.05, 3.63) is 91.1 Å². The third-order valence-corrected chi connectivity index (χ3v) is 5.16. The molecule has 0 bridgehead atoms. The minimum atomic E-state index is -0.00713. The summed E-state index contributed by atoms with van der Waals surface area (Å²) in [6.07, 6.45) is 5.26. The van der Waals surface area contributed by atoms with Gasteiger partial charge in [0.05, 0.1) is 0 Å². The van der Waals surface area contributed by atoms with Crippen LogP contribution in [0.1, 0.15) is 24.3 Å². The minimum Gasteiger partial charge on any atom is -0.457 e. The summed E-state index contributed by atoms with van der Waals surface area (Å²) < 4.78 is 11.7. The van der Waals surface area contributed by atoms with Crippen molar-refractivity contribution < 1.29 is 14.3 Å². The van der Waals surface area contributed by atoms with Gasteiger partial charge < -0.3 is 14.4 Å². The molecular formula is C25H24N2O3. The van der Waals surface area contributed by atoms with E-state index in [-0.39, 0.29) is 5.91 Å². The zero-order valence-corrected chi connectivity index (χ0v) is 16.7. The van der Waals surface area contributed by atoms with Crippen LogP contribution in [0.5, 0.6) is 23.1 Å². The van der Waals surface area contributed by atoms with E-state index in [0.29, 0.717) is 24.1 Å². The van der Waals surface area contributed by atoms with Gasteiger partial charge in [-0.25, -0.2) is 4.98 Å². The van der Waals surface area contributed by atoms with E-state index in [1.165, 1.54) is 6.08 Å². The van der Waals surface area contributed by atoms with Crippen molar-refractivity contribution in [2.24, 2.45) is 0 Å². The summed E-state index contributed by atoms with van der Waals surface area (Å²) in [4.78, 5) is 18.2. The zero-order valence-electron chi connectivity index (χ0n) is 16.7. The molecule has 0 saturated carbocycles. The number of likely N-dealkylation sites (tertiary alicyclic amines) is 1. The summed E-state index contributed by atoms with van der Waals surface area (Å²) in [7, 11) is 0.